The molecule has 0 aliphatic rings. The molecule has 0 atom stereocenters. The molecule has 1 N–H and O–H groups in total. The molecule has 2 rings (SSSR count). The molecular formula is C12H13BrN2OS. The van der Waals surface area contributed by atoms with Crippen molar-refractivity contribution >= 4 is 27.3 Å². The Morgan fingerprint density at radius 2 is 2.29 bits per heavy atom. The van der Waals surface area contributed by atoms with Crippen molar-refractivity contribution in [2.75, 3.05) is 0 Å². The highest BCUT2D eigenvalue weighted by atomic mass is 79.9. The van der Waals surface area contributed by atoms with Gasteiger partial charge in [0.05, 0.1) is 5.69 Å². The van der Waals surface area contributed by atoms with Crippen molar-refractivity contribution in [1.29, 1.82) is 0 Å². The topological polar surface area (TPSA) is 45.8 Å². The van der Waals surface area contributed by atoms with E-state index < -0.39 is 0 Å². The first-order chi connectivity index (χ1) is 8.08. The van der Waals surface area contributed by atoms with Crippen LogP contribution in [0.5, 0.6) is 0 Å². The molecule has 2 aromatic heterocycles. The summed E-state index contributed by atoms with van der Waals surface area (Å²) in [6.45, 7) is 4.22. The van der Waals surface area contributed by atoms with Crippen molar-refractivity contribution in [2.45, 2.75) is 20.3 Å². The van der Waals surface area contributed by atoms with Gasteiger partial charge in [-0.1, -0.05) is 13.8 Å². The number of H-pyrrole nitrogens is 1. The minimum absolute atomic E-state index is 0.114. The average molecular weight is 313 g/mol. The van der Waals surface area contributed by atoms with Crippen LogP contribution in [0.3, 0.4) is 0 Å². The summed E-state index contributed by atoms with van der Waals surface area (Å²) in [6.07, 6.45) is 0.793. The summed E-state index contributed by atoms with van der Waals surface area (Å²) in [5.41, 5.74) is 1.67. The lowest BCUT2D eigenvalue weighted by molar-refractivity contribution is 0.631. The standard InChI is InChI=1S/C12H13BrN2OS/c1-7(2)5-9-10(13)12(16)15-11(14-9)8-3-4-17-6-8/h3-4,6-7H,5H2,1-2H3,(H,14,15,16). The molecule has 0 spiro atoms. The second-order valence-electron chi connectivity index (χ2n) is 4.29. The van der Waals surface area contributed by atoms with E-state index in [0.29, 0.717) is 16.2 Å². The highest BCUT2D eigenvalue weighted by molar-refractivity contribution is 9.10. The molecule has 0 aliphatic carbocycles. The highest BCUT2D eigenvalue weighted by Crippen LogP contribution is 2.20. The van der Waals surface area contributed by atoms with Gasteiger partial charge < -0.3 is 4.98 Å². The molecule has 0 bridgehead atoms. The Kier molecular flexibility index (Phi) is 3.79. The molecule has 0 radical (unpaired) electrons. The van der Waals surface area contributed by atoms with Crippen molar-refractivity contribution in [3.63, 3.8) is 0 Å². The second kappa shape index (κ2) is 5.14. The molecule has 2 heterocycles. The lowest BCUT2D eigenvalue weighted by atomic mass is 10.1. The third-order valence-corrected chi connectivity index (χ3v) is 3.83. The number of hydrogen-bond donors (Lipinski definition) is 1. The van der Waals surface area contributed by atoms with Gasteiger partial charge in [0, 0.05) is 10.9 Å². The van der Waals surface area contributed by atoms with Crippen LogP contribution in [-0.4, -0.2) is 9.97 Å². The first-order valence-corrected chi connectivity index (χ1v) is 7.12. The molecular weight excluding hydrogens is 300 g/mol. The van der Waals surface area contributed by atoms with E-state index in [-0.39, 0.29) is 5.56 Å². The van der Waals surface area contributed by atoms with Gasteiger partial charge in [0.1, 0.15) is 10.3 Å². The Balaban J connectivity index is 2.50. The molecule has 0 aromatic carbocycles. The maximum atomic E-state index is 11.8. The van der Waals surface area contributed by atoms with Crippen molar-refractivity contribution in [1.82, 2.24) is 9.97 Å². The van der Waals surface area contributed by atoms with Crippen LogP contribution in [0.15, 0.2) is 26.1 Å². The summed E-state index contributed by atoms with van der Waals surface area (Å²) in [5.74, 6) is 1.12. The number of thiophene rings is 1. The van der Waals surface area contributed by atoms with E-state index in [1.165, 1.54) is 0 Å². The third-order valence-electron chi connectivity index (χ3n) is 2.33. The molecule has 3 nitrogen and oxygen atoms in total. The van der Waals surface area contributed by atoms with E-state index in [9.17, 15) is 4.79 Å². The van der Waals surface area contributed by atoms with Crippen LogP contribution in [0.1, 0.15) is 19.5 Å². The Bertz CT molecular complexity index is 560. The fourth-order valence-electron chi connectivity index (χ4n) is 1.56. The van der Waals surface area contributed by atoms with Gasteiger partial charge in [0.15, 0.2) is 0 Å². The molecule has 5 heteroatoms. The number of nitrogens with zero attached hydrogens (tertiary/aromatic N) is 1. The molecule has 0 saturated carbocycles. The van der Waals surface area contributed by atoms with Crippen molar-refractivity contribution < 1.29 is 0 Å². The molecule has 0 fully saturated rings. The Labute approximate surface area is 112 Å². The summed E-state index contributed by atoms with van der Waals surface area (Å²) in [6, 6.07) is 1.95. The number of aromatic amines is 1. The zero-order valence-electron chi connectivity index (χ0n) is 9.66. The van der Waals surface area contributed by atoms with E-state index in [1.54, 1.807) is 11.3 Å². The summed E-state index contributed by atoms with van der Waals surface area (Å²) in [4.78, 5) is 19.1. The van der Waals surface area contributed by atoms with E-state index in [0.717, 1.165) is 17.7 Å². The lowest BCUT2D eigenvalue weighted by Gasteiger charge is -2.07. The molecule has 2 aromatic rings. The van der Waals surface area contributed by atoms with Crippen LogP contribution in [0.25, 0.3) is 11.4 Å². The van der Waals surface area contributed by atoms with Crippen LogP contribution in [-0.2, 0) is 6.42 Å². The van der Waals surface area contributed by atoms with Crippen LogP contribution < -0.4 is 5.56 Å². The molecule has 0 unspecified atom stereocenters. The normalized spacial score (nSPS) is 11.1. The minimum atomic E-state index is -0.114. The maximum Gasteiger partial charge on any atom is 0.265 e. The molecule has 0 aliphatic heterocycles. The Hall–Kier alpha value is -0.940. The fourth-order valence-corrected chi connectivity index (χ4v) is 2.55. The Morgan fingerprint density at radius 3 is 2.88 bits per heavy atom. The quantitative estimate of drug-likeness (QED) is 0.943. The second-order valence-corrected chi connectivity index (χ2v) is 5.86. The van der Waals surface area contributed by atoms with Gasteiger partial charge >= 0.3 is 0 Å². The van der Waals surface area contributed by atoms with Gasteiger partial charge in [-0.3, -0.25) is 4.79 Å². The van der Waals surface area contributed by atoms with Gasteiger partial charge in [-0.2, -0.15) is 11.3 Å². The van der Waals surface area contributed by atoms with Crippen LogP contribution in [0.2, 0.25) is 0 Å². The van der Waals surface area contributed by atoms with Crippen molar-refractivity contribution in [3.05, 3.63) is 37.3 Å². The number of halogens is 1. The molecule has 0 saturated heterocycles. The van der Waals surface area contributed by atoms with Gasteiger partial charge in [-0.05, 0) is 39.7 Å². The third kappa shape index (κ3) is 2.84. The Morgan fingerprint density at radius 1 is 1.53 bits per heavy atom. The monoisotopic (exact) mass is 312 g/mol. The van der Waals surface area contributed by atoms with Crippen LogP contribution in [0, 0.1) is 5.92 Å². The van der Waals surface area contributed by atoms with Gasteiger partial charge in [0.25, 0.3) is 5.56 Å². The zero-order valence-corrected chi connectivity index (χ0v) is 12.1. The van der Waals surface area contributed by atoms with Crippen molar-refractivity contribution in [3.8, 4) is 11.4 Å². The number of hydrogen-bond acceptors (Lipinski definition) is 3. The number of nitrogens with one attached hydrogen (secondary N) is 1. The van der Waals surface area contributed by atoms with E-state index in [2.05, 4.69) is 39.7 Å². The fraction of sp³-hybridized carbons (Fsp3) is 0.333. The van der Waals surface area contributed by atoms with Gasteiger partial charge in [-0.25, -0.2) is 4.98 Å². The number of rotatable bonds is 3. The lowest BCUT2D eigenvalue weighted by Crippen LogP contribution is -2.14. The average Bonchev–Trinajstić information content (AvgIpc) is 2.77. The molecule has 17 heavy (non-hydrogen) atoms. The first-order valence-electron chi connectivity index (χ1n) is 5.39. The predicted octanol–water partition coefficient (Wildman–Crippen LogP) is 3.46. The van der Waals surface area contributed by atoms with Crippen LogP contribution >= 0.6 is 27.3 Å². The minimum Gasteiger partial charge on any atom is -0.306 e. The molecule has 90 valence electrons. The molecule has 0 amide bonds. The number of aromatic nitrogens is 2. The largest absolute Gasteiger partial charge is 0.306 e. The zero-order chi connectivity index (χ0) is 12.4. The SMILES string of the molecule is CC(C)Cc1nc(-c2ccsc2)[nH]c(=O)c1Br. The summed E-state index contributed by atoms with van der Waals surface area (Å²) in [7, 11) is 0. The van der Waals surface area contributed by atoms with Crippen LogP contribution in [0.4, 0.5) is 0 Å². The van der Waals surface area contributed by atoms with E-state index in [4.69, 9.17) is 0 Å². The van der Waals surface area contributed by atoms with Gasteiger partial charge in [0.2, 0.25) is 0 Å². The predicted molar refractivity (Wildman–Crippen MR) is 74.4 cm³/mol. The summed E-state index contributed by atoms with van der Waals surface area (Å²) in [5, 5.41) is 3.95. The first kappa shape index (κ1) is 12.5. The summed E-state index contributed by atoms with van der Waals surface area (Å²) >= 11 is 4.89. The smallest absolute Gasteiger partial charge is 0.265 e. The maximum absolute atomic E-state index is 11.8. The van der Waals surface area contributed by atoms with E-state index >= 15 is 0 Å². The summed E-state index contributed by atoms with van der Waals surface area (Å²) < 4.78 is 0.546. The van der Waals surface area contributed by atoms with E-state index in [1.807, 2.05) is 16.8 Å². The highest BCUT2D eigenvalue weighted by Gasteiger charge is 2.11. The van der Waals surface area contributed by atoms with Gasteiger partial charge in [-0.15, -0.1) is 0 Å². The van der Waals surface area contributed by atoms with Crippen molar-refractivity contribution in [2.24, 2.45) is 5.92 Å².